The number of aromatic nitrogens is 1. The Kier molecular flexibility index (Phi) is 4.67. The van der Waals surface area contributed by atoms with Crippen molar-refractivity contribution in [2.45, 2.75) is 12.3 Å². The zero-order chi connectivity index (χ0) is 23.3. The lowest BCUT2D eigenvalue weighted by Gasteiger charge is -2.27. The van der Waals surface area contributed by atoms with Gasteiger partial charge in [0.15, 0.2) is 11.5 Å². The van der Waals surface area contributed by atoms with Gasteiger partial charge in [0.1, 0.15) is 28.7 Å². The molecule has 3 heterocycles. The third-order valence-corrected chi connectivity index (χ3v) is 5.64. The molecule has 4 aromatic rings. The van der Waals surface area contributed by atoms with E-state index < -0.39 is 23.1 Å². The highest BCUT2D eigenvalue weighted by Crippen LogP contribution is 2.49. The highest BCUT2D eigenvalue weighted by atomic mass is 16.5. The van der Waals surface area contributed by atoms with E-state index >= 15 is 0 Å². The van der Waals surface area contributed by atoms with Gasteiger partial charge in [-0.25, -0.2) is 4.98 Å². The van der Waals surface area contributed by atoms with Crippen LogP contribution in [0.2, 0.25) is 0 Å². The molecule has 1 aliphatic rings. The van der Waals surface area contributed by atoms with Crippen LogP contribution in [0.3, 0.4) is 0 Å². The maximum absolute atomic E-state index is 13.4. The molecule has 2 aromatic carbocycles. The van der Waals surface area contributed by atoms with Gasteiger partial charge in [0, 0.05) is 29.3 Å². The molecule has 0 saturated carbocycles. The minimum atomic E-state index is -0.597. The first-order valence-corrected chi connectivity index (χ1v) is 9.92. The van der Waals surface area contributed by atoms with Crippen LogP contribution in [0.1, 0.15) is 23.5 Å². The molecule has 2 aromatic heterocycles. The molecule has 0 amide bonds. The Morgan fingerprint density at radius 3 is 2.70 bits per heavy atom. The molecule has 5 rings (SSSR count). The third kappa shape index (κ3) is 3.21. The molecule has 3 N–H and O–H groups in total. The number of phenols is 3. The van der Waals surface area contributed by atoms with Crippen molar-refractivity contribution in [1.29, 1.82) is 0 Å². The van der Waals surface area contributed by atoms with Gasteiger partial charge in [-0.1, -0.05) is 12.1 Å². The number of hydrogen-bond acceptors (Lipinski definition) is 9. The standard InChI is InChI=1S/C24H17NO8/c1-31-19(29)8-13-12-3-2-6-25-24(12)33-18-9-17(28)21-22(30)14(10-32-23(21)20(13)18)11-4-5-15(26)16(27)7-11/h2-7,9-10,13,26-28H,8H2,1H3/t13-/m0/s1. The summed E-state index contributed by atoms with van der Waals surface area (Å²) in [6.45, 7) is 0. The summed E-state index contributed by atoms with van der Waals surface area (Å²) in [5.41, 5.74) is 0.871. The zero-order valence-corrected chi connectivity index (χ0v) is 17.2. The van der Waals surface area contributed by atoms with Gasteiger partial charge < -0.3 is 29.2 Å². The van der Waals surface area contributed by atoms with Crippen molar-refractivity contribution in [3.8, 4) is 40.0 Å². The lowest BCUT2D eigenvalue weighted by molar-refractivity contribution is -0.140. The van der Waals surface area contributed by atoms with Crippen LogP contribution in [0.4, 0.5) is 0 Å². The van der Waals surface area contributed by atoms with E-state index in [1.807, 2.05) is 0 Å². The zero-order valence-electron chi connectivity index (χ0n) is 17.2. The van der Waals surface area contributed by atoms with Crippen molar-refractivity contribution in [2.75, 3.05) is 7.11 Å². The van der Waals surface area contributed by atoms with E-state index in [-0.39, 0.29) is 51.6 Å². The number of methoxy groups -OCH3 is 1. The Morgan fingerprint density at radius 2 is 1.94 bits per heavy atom. The first kappa shape index (κ1) is 20.4. The van der Waals surface area contributed by atoms with Crippen molar-refractivity contribution in [1.82, 2.24) is 4.98 Å². The molecule has 0 unspecified atom stereocenters. The number of benzene rings is 2. The average molecular weight is 447 g/mol. The summed E-state index contributed by atoms with van der Waals surface area (Å²) in [5.74, 6) is -1.72. The summed E-state index contributed by atoms with van der Waals surface area (Å²) >= 11 is 0. The minimum Gasteiger partial charge on any atom is -0.507 e. The average Bonchev–Trinajstić information content (AvgIpc) is 2.80. The molecule has 0 bridgehead atoms. The number of esters is 1. The number of hydrogen-bond donors (Lipinski definition) is 3. The van der Waals surface area contributed by atoms with Gasteiger partial charge in [-0.2, -0.15) is 0 Å². The lowest BCUT2D eigenvalue weighted by atomic mass is 9.85. The molecule has 166 valence electrons. The fourth-order valence-electron chi connectivity index (χ4n) is 4.06. The Morgan fingerprint density at radius 1 is 1.12 bits per heavy atom. The maximum Gasteiger partial charge on any atom is 0.306 e. The second-order valence-electron chi connectivity index (χ2n) is 7.53. The molecule has 33 heavy (non-hydrogen) atoms. The number of fused-ring (bicyclic) bond motifs is 4. The number of rotatable bonds is 3. The highest BCUT2D eigenvalue weighted by Gasteiger charge is 2.34. The first-order valence-electron chi connectivity index (χ1n) is 9.92. The molecular weight excluding hydrogens is 430 g/mol. The van der Waals surface area contributed by atoms with Crippen LogP contribution in [0, 0.1) is 0 Å². The minimum absolute atomic E-state index is 0.0603. The number of phenolic OH excluding ortho intramolecular Hbond substituents is 3. The summed E-state index contributed by atoms with van der Waals surface area (Å²) in [7, 11) is 1.28. The topological polar surface area (TPSA) is 139 Å². The number of carbonyl (C=O) groups is 1. The van der Waals surface area contributed by atoms with Gasteiger partial charge in [0.2, 0.25) is 11.3 Å². The summed E-state index contributed by atoms with van der Waals surface area (Å²) in [4.78, 5) is 29.8. The summed E-state index contributed by atoms with van der Waals surface area (Å²) in [5, 5.41) is 30.0. The molecular formula is C24H17NO8. The summed E-state index contributed by atoms with van der Waals surface area (Å²) in [6.07, 6.45) is 2.67. The Balaban J connectivity index is 1.77. The van der Waals surface area contributed by atoms with Crippen molar-refractivity contribution in [3.05, 3.63) is 70.2 Å². The van der Waals surface area contributed by atoms with Gasteiger partial charge >= 0.3 is 5.97 Å². The largest absolute Gasteiger partial charge is 0.507 e. The Labute approximate surface area is 186 Å². The SMILES string of the molecule is COC(=O)C[C@H]1c2cccnc2Oc2cc(O)c3c(=O)c(-c4ccc(O)c(O)c4)coc3c21. The number of ether oxygens (including phenoxy) is 2. The molecule has 0 fully saturated rings. The van der Waals surface area contributed by atoms with E-state index in [2.05, 4.69) is 4.98 Å². The Bertz CT molecular complexity index is 1490. The molecule has 1 atom stereocenters. The van der Waals surface area contributed by atoms with Gasteiger partial charge in [-0.05, 0) is 23.8 Å². The second kappa shape index (κ2) is 7.56. The Hall–Kier alpha value is -4.53. The second-order valence-corrected chi connectivity index (χ2v) is 7.53. The molecule has 1 aliphatic heterocycles. The normalized spacial score (nSPS) is 14.3. The van der Waals surface area contributed by atoms with Crippen molar-refractivity contribution in [3.63, 3.8) is 0 Å². The van der Waals surface area contributed by atoms with Crippen LogP contribution in [0.5, 0.6) is 28.9 Å². The number of carbonyl (C=O) groups excluding carboxylic acids is 1. The monoisotopic (exact) mass is 447 g/mol. The van der Waals surface area contributed by atoms with E-state index in [0.717, 1.165) is 0 Å². The van der Waals surface area contributed by atoms with E-state index in [4.69, 9.17) is 13.9 Å². The molecule has 0 spiro atoms. The van der Waals surface area contributed by atoms with Gasteiger partial charge in [0.25, 0.3) is 0 Å². The summed E-state index contributed by atoms with van der Waals surface area (Å²) in [6, 6.07) is 8.64. The predicted molar refractivity (Wildman–Crippen MR) is 116 cm³/mol. The van der Waals surface area contributed by atoms with Crippen LogP contribution in [0.25, 0.3) is 22.1 Å². The first-order chi connectivity index (χ1) is 15.9. The highest BCUT2D eigenvalue weighted by molar-refractivity contribution is 5.92. The van der Waals surface area contributed by atoms with E-state index in [1.165, 1.54) is 37.6 Å². The van der Waals surface area contributed by atoms with E-state index in [9.17, 15) is 24.9 Å². The van der Waals surface area contributed by atoms with Crippen molar-refractivity contribution < 1.29 is 34.0 Å². The van der Waals surface area contributed by atoms with Crippen LogP contribution in [-0.2, 0) is 9.53 Å². The smallest absolute Gasteiger partial charge is 0.306 e. The van der Waals surface area contributed by atoms with E-state index in [0.29, 0.717) is 11.1 Å². The molecule has 9 nitrogen and oxygen atoms in total. The van der Waals surface area contributed by atoms with Gasteiger partial charge in [0.05, 0.1) is 19.1 Å². The van der Waals surface area contributed by atoms with Crippen LogP contribution in [-0.4, -0.2) is 33.4 Å². The molecule has 0 aliphatic carbocycles. The van der Waals surface area contributed by atoms with Gasteiger partial charge in [-0.3, -0.25) is 9.59 Å². The predicted octanol–water partition coefficient (Wildman–Crippen LogP) is 3.77. The summed E-state index contributed by atoms with van der Waals surface area (Å²) < 4.78 is 16.5. The molecule has 0 saturated heterocycles. The van der Waals surface area contributed by atoms with E-state index in [1.54, 1.807) is 18.3 Å². The fourth-order valence-corrected chi connectivity index (χ4v) is 4.06. The van der Waals surface area contributed by atoms with Crippen LogP contribution < -0.4 is 10.2 Å². The lowest BCUT2D eigenvalue weighted by Crippen LogP contribution is -2.17. The van der Waals surface area contributed by atoms with Gasteiger partial charge in [-0.15, -0.1) is 0 Å². The fraction of sp³-hybridized carbons (Fsp3) is 0.125. The maximum atomic E-state index is 13.4. The van der Waals surface area contributed by atoms with Crippen molar-refractivity contribution in [2.24, 2.45) is 0 Å². The number of pyridine rings is 1. The molecule has 9 heteroatoms. The van der Waals surface area contributed by atoms with Crippen LogP contribution >= 0.6 is 0 Å². The quantitative estimate of drug-likeness (QED) is 0.316. The third-order valence-electron chi connectivity index (χ3n) is 5.64. The number of aromatic hydroxyl groups is 3. The van der Waals surface area contributed by atoms with Crippen molar-refractivity contribution >= 4 is 16.9 Å². The number of nitrogens with zero attached hydrogens (tertiary/aromatic N) is 1. The molecule has 0 radical (unpaired) electrons. The van der Waals surface area contributed by atoms with Crippen LogP contribution in [0.15, 0.2) is 58.1 Å².